The lowest BCUT2D eigenvalue weighted by Crippen LogP contribution is -2.14. The van der Waals surface area contributed by atoms with Crippen LogP contribution in [0, 0.1) is 0 Å². The lowest BCUT2D eigenvalue weighted by Gasteiger charge is -2.12. The van der Waals surface area contributed by atoms with E-state index in [0.29, 0.717) is 17.2 Å². The Labute approximate surface area is 164 Å². The monoisotopic (exact) mass is 395 g/mol. The third kappa shape index (κ3) is 5.44. The number of carbonyl (C=O) groups excluding carboxylic acids is 1. The van der Waals surface area contributed by atoms with Crippen LogP contribution in [-0.4, -0.2) is 20.1 Å². The zero-order chi connectivity index (χ0) is 19.8. The molecule has 0 saturated carbocycles. The minimum atomic E-state index is -3.38. The molecule has 0 heterocycles. The first-order chi connectivity index (χ1) is 13.5. The van der Waals surface area contributed by atoms with Crippen molar-refractivity contribution in [3.63, 3.8) is 0 Å². The van der Waals surface area contributed by atoms with E-state index in [4.69, 9.17) is 4.74 Å². The topological polar surface area (TPSA) is 72.5 Å². The van der Waals surface area contributed by atoms with Crippen molar-refractivity contribution >= 4 is 21.4 Å². The maximum absolute atomic E-state index is 12.3. The normalized spacial score (nSPS) is 11.0. The predicted octanol–water partition coefficient (Wildman–Crippen LogP) is 4.67. The molecule has 5 nitrogen and oxygen atoms in total. The molecule has 0 aromatic heterocycles. The fraction of sp³-hybridized carbons (Fsp3) is 0.136. The summed E-state index contributed by atoms with van der Waals surface area (Å²) in [5, 5.41) is 2.80. The average Bonchev–Trinajstić information content (AvgIpc) is 2.71. The molecule has 3 aromatic carbocycles. The Balaban J connectivity index is 1.57. The lowest BCUT2D eigenvalue weighted by molar-refractivity contribution is -0.116. The SMILES string of the molecule is O=C(CCCS(=O)(=O)c1ccccc1)Nc1ccccc1Oc1ccccc1. The van der Waals surface area contributed by atoms with Gasteiger partial charge in [0.05, 0.1) is 16.3 Å². The number of ether oxygens (including phenoxy) is 1. The first-order valence-corrected chi connectivity index (χ1v) is 10.6. The molecule has 0 aliphatic rings. The van der Waals surface area contributed by atoms with Crippen molar-refractivity contribution in [1.82, 2.24) is 0 Å². The van der Waals surface area contributed by atoms with Gasteiger partial charge >= 0.3 is 0 Å². The maximum atomic E-state index is 12.3. The van der Waals surface area contributed by atoms with E-state index in [0.717, 1.165) is 0 Å². The number of para-hydroxylation sites is 3. The number of nitrogens with one attached hydrogen (secondary N) is 1. The number of hydrogen-bond acceptors (Lipinski definition) is 4. The van der Waals surface area contributed by atoms with E-state index in [1.54, 1.807) is 48.5 Å². The van der Waals surface area contributed by atoms with E-state index in [9.17, 15) is 13.2 Å². The molecule has 0 radical (unpaired) electrons. The Morgan fingerprint density at radius 3 is 2.14 bits per heavy atom. The van der Waals surface area contributed by atoms with Gasteiger partial charge in [-0.2, -0.15) is 0 Å². The standard InChI is InChI=1S/C22H21NO4S/c24-22(16-9-17-28(25,26)19-12-5-2-6-13-19)23-20-14-7-8-15-21(20)27-18-10-3-1-4-11-18/h1-8,10-15H,9,16-17H2,(H,23,24). The third-order valence-electron chi connectivity index (χ3n) is 4.05. The van der Waals surface area contributed by atoms with Crippen LogP contribution in [0.15, 0.2) is 89.8 Å². The van der Waals surface area contributed by atoms with Crippen LogP contribution < -0.4 is 10.1 Å². The highest BCUT2D eigenvalue weighted by Crippen LogP contribution is 2.29. The van der Waals surface area contributed by atoms with Gasteiger partial charge in [0.15, 0.2) is 15.6 Å². The van der Waals surface area contributed by atoms with Gasteiger partial charge in [0, 0.05) is 6.42 Å². The van der Waals surface area contributed by atoms with Gasteiger partial charge in [-0.3, -0.25) is 4.79 Å². The average molecular weight is 395 g/mol. The smallest absolute Gasteiger partial charge is 0.224 e. The Kier molecular flexibility index (Phi) is 6.45. The van der Waals surface area contributed by atoms with E-state index < -0.39 is 9.84 Å². The predicted molar refractivity (Wildman–Crippen MR) is 109 cm³/mol. The van der Waals surface area contributed by atoms with Gasteiger partial charge in [-0.25, -0.2) is 8.42 Å². The van der Waals surface area contributed by atoms with Crippen molar-refractivity contribution in [3.8, 4) is 11.5 Å². The highest BCUT2D eigenvalue weighted by Gasteiger charge is 2.15. The molecule has 0 unspecified atom stereocenters. The van der Waals surface area contributed by atoms with E-state index >= 15 is 0 Å². The summed E-state index contributed by atoms with van der Waals surface area (Å²) in [6.45, 7) is 0. The van der Waals surface area contributed by atoms with Crippen molar-refractivity contribution < 1.29 is 17.9 Å². The molecule has 0 atom stereocenters. The first-order valence-electron chi connectivity index (χ1n) is 8.94. The maximum Gasteiger partial charge on any atom is 0.224 e. The van der Waals surface area contributed by atoms with Gasteiger partial charge in [0.1, 0.15) is 5.75 Å². The number of carbonyl (C=O) groups is 1. The van der Waals surface area contributed by atoms with Crippen molar-refractivity contribution in [1.29, 1.82) is 0 Å². The van der Waals surface area contributed by atoms with Crippen molar-refractivity contribution in [2.24, 2.45) is 0 Å². The van der Waals surface area contributed by atoms with Gasteiger partial charge in [-0.05, 0) is 42.8 Å². The Morgan fingerprint density at radius 2 is 1.43 bits per heavy atom. The number of amides is 1. The van der Waals surface area contributed by atoms with Crippen LogP contribution in [0.25, 0.3) is 0 Å². The molecule has 144 valence electrons. The summed E-state index contributed by atoms with van der Waals surface area (Å²) < 4.78 is 30.4. The van der Waals surface area contributed by atoms with E-state index in [2.05, 4.69) is 5.32 Å². The van der Waals surface area contributed by atoms with Gasteiger partial charge in [0.2, 0.25) is 5.91 Å². The summed E-state index contributed by atoms with van der Waals surface area (Å²) >= 11 is 0. The first kappa shape index (κ1) is 19.6. The highest BCUT2D eigenvalue weighted by atomic mass is 32.2. The fourth-order valence-corrected chi connectivity index (χ4v) is 3.99. The van der Waals surface area contributed by atoms with Gasteiger partial charge in [-0.15, -0.1) is 0 Å². The lowest BCUT2D eigenvalue weighted by atomic mass is 10.2. The summed E-state index contributed by atoms with van der Waals surface area (Å²) in [7, 11) is -3.38. The Bertz CT molecular complexity index is 1020. The van der Waals surface area contributed by atoms with Crippen LogP contribution in [0.2, 0.25) is 0 Å². The Morgan fingerprint density at radius 1 is 0.821 bits per heavy atom. The van der Waals surface area contributed by atoms with Crippen LogP contribution in [0.3, 0.4) is 0 Å². The molecule has 3 aromatic rings. The molecule has 0 saturated heterocycles. The van der Waals surface area contributed by atoms with E-state index in [1.807, 2.05) is 36.4 Å². The second kappa shape index (κ2) is 9.19. The molecule has 0 bridgehead atoms. The number of anilines is 1. The fourth-order valence-electron chi connectivity index (χ4n) is 2.66. The van der Waals surface area contributed by atoms with Crippen molar-refractivity contribution in [2.75, 3.05) is 11.1 Å². The largest absolute Gasteiger partial charge is 0.455 e. The second-order valence-electron chi connectivity index (χ2n) is 6.19. The van der Waals surface area contributed by atoms with Crippen LogP contribution in [0.4, 0.5) is 5.69 Å². The summed E-state index contributed by atoms with van der Waals surface area (Å²) in [6.07, 6.45) is 0.344. The van der Waals surface area contributed by atoms with E-state index in [-0.39, 0.29) is 29.4 Å². The molecule has 28 heavy (non-hydrogen) atoms. The van der Waals surface area contributed by atoms with Gasteiger partial charge < -0.3 is 10.1 Å². The van der Waals surface area contributed by atoms with Crippen LogP contribution in [-0.2, 0) is 14.6 Å². The molecule has 3 rings (SSSR count). The van der Waals surface area contributed by atoms with Gasteiger partial charge in [-0.1, -0.05) is 48.5 Å². The zero-order valence-corrected chi connectivity index (χ0v) is 16.1. The summed E-state index contributed by atoms with van der Waals surface area (Å²) in [5.41, 5.74) is 0.544. The van der Waals surface area contributed by atoms with Crippen LogP contribution in [0.1, 0.15) is 12.8 Å². The molecule has 0 fully saturated rings. The minimum Gasteiger partial charge on any atom is -0.455 e. The molecule has 6 heteroatoms. The molecule has 0 aliphatic carbocycles. The van der Waals surface area contributed by atoms with E-state index in [1.165, 1.54) is 0 Å². The second-order valence-corrected chi connectivity index (χ2v) is 8.30. The number of rotatable bonds is 8. The number of sulfone groups is 1. The molecule has 0 aliphatic heterocycles. The molecule has 1 N–H and O–H groups in total. The summed E-state index contributed by atoms with van der Waals surface area (Å²) in [4.78, 5) is 12.6. The highest BCUT2D eigenvalue weighted by molar-refractivity contribution is 7.91. The van der Waals surface area contributed by atoms with Crippen molar-refractivity contribution in [2.45, 2.75) is 17.7 Å². The number of hydrogen-bond donors (Lipinski definition) is 1. The van der Waals surface area contributed by atoms with Gasteiger partial charge in [0.25, 0.3) is 0 Å². The molecule has 0 spiro atoms. The molecular formula is C22H21NO4S. The summed E-state index contributed by atoms with van der Waals surface area (Å²) in [6, 6.07) is 24.7. The van der Waals surface area contributed by atoms with Crippen LogP contribution in [0.5, 0.6) is 11.5 Å². The minimum absolute atomic E-state index is 0.0768. The zero-order valence-electron chi connectivity index (χ0n) is 15.2. The van der Waals surface area contributed by atoms with Crippen molar-refractivity contribution in [3.05, 3.63) is 84.9 Å². The Hall–Kier alpha value is -3.12. The third-order valence-corrected chi connectivity index (χ3v) is 5.87. The number of benzene rings is 3. The molecular weight excluding hydrogens is 374 g/mol. The summed E-state index contributed by atoms with van der Waals surface area (Å²) in [5.74, 6) is 0.858. The quantitative estimate of drug-likeness (QED) is 0.601. The van der Waals surface area contributed by atoms with Crippen LogP contribution >= 0.6 is 0 Å². The molecule has 1 amide bonds.